The summed E-state index contributed by atoms with van der Waals surface area (Å²) in [6, 6.07) is 0.0446. The van der Waals surface area contributed by atoms with Gasteiger partial charge in [-0.25, -0.2) is 4.79 Å². The average molecular weight is 300 g/mol. The molecule has 1 rings (SSSR count). The van der Waals surface area contributed by atoms with Gasteiger partial charge in [-0.15, -0.1) is 0 Å². The van der Waals surface area contributed by atoms with E-state index in [-0.39, 0.29) is 18.2 Å². The highest BCUT2D eigenvalue weighted by Gasteiger charge is 2.39. The molecule has 1 aromatic carbocycles. The standard InChI is InChI=1S/C11H6F6O3/c12-10(13,14)6-3-5(1-2-8(19)20)9(7(18)4-6)11(15,16)17/h1-4,18H,(H,19,20)/b2-1+. The lowest BCUT2D eigenvalue weighted by atomic mass is 10.0. The van der Waals surface area contributed by atoms with Crippen molar-refractivity contribution in [2.24, 2.45) is 0 Å². The minimum atomic E-state index is -5.13. The van der Waals surface area contributed by atoms with Gasteiger partial charge in [0.1, 0.15) is 11.3 Å². The Kier molecular flexibility index (Phi) is 4.02. The maximum atomic E-state index is 12.6. The molecule has 2 N–H and O–H groups in total. The van der Waals surface area contributed by atoms with Crippen LogP contribution in [0.3, 0.4) is 0 Å². The molecule has 0 unspecified atom stereocenters. The van der Waals surface area contributed by atoms with Gasteiger partial charge in [-0.1, -0.05) is 0 Å². The van der Waals surface area contributed by atoms with Crippen molar-refractivity contribution in [2.75, 3.05) is 0 Å². The Labute approximate surface area is 107 Å². The second-order valence-corrected chi connectivity index (χ2v) is 3.63. The van der Waals surface area contributed by atoms with E-state index in [0.29, 0.717) is 6.08 Å². The number of hydrogen-bond acceptors (Lipinski definition) is 2. The third-order valence-electron chi connectivity index (χ3n) is 2.16. The van der Waals surface area contributed by atoms with E-state index in [2.05, 4.69) is 0 Å². The normalized spacial score (nSPS) is 12.9. The van der Waals surface area contributed by atoms with Crippen LogP contribution in [0.15, 0.2) is 18.2 Å². The molecule has 0 aliphatic carbocycles. The zero-order chi connectivity index (χ0) is 15.7. The largest absolute Gasteiger partial charge is 0.507 e. The van der Waals surface area contributed by atoms with E-state index in [0.717, 1.165) is 0 Å². The third-order valence-corrected chi connectivity index (χ3v) is 2.16. The van der Waals surface area contributed by atoms with Gasteiger partial charge < -0.3 is 10.2 Å². The number of phenolic OH excluding ortho intramolecular Hbond substituents is 1. The van der Waals surface area contributed by atoms with Crippen molar-refractivity contribution in [3.63, 3.8) is 0 Å². The van der Waals surface area contributed by atoms with Crippen molar-refractivity contribution in [1.82, 2.24) is 0 Å². The number of benzene rings is 1. The van der Waals surface area contributed by atoms with Gasteiger partial charge in [0.2, 0.25) is 0 Å². The summed E-state index contributed by atoms with van der Waals surface area (Å²) in [5.74, 6) is -3.27. The van der Waals surface area contributed by atoms with Crippen molar-refractivity contribution in [3.05, 3.63) is 34.9 Å². The van der Waals surface area contributed by atoms with Crippen LogP contribution in [-0.4, -0.2) is 16.2 Å². The number of alkyl halides is 6. The Hall–Kier alpha value is -2.19. The first-order valence-electron chi connectivity index (χ1n) is 4.85. The summed E-state index contributed by atoms with van der Waals surface area (Å²) in [5, 5.41) is 17.4. The fourth-order valence-electron chi connectivity index (χ4n) is 1.41. The molecule has 3 nitrogen and oxygen atoms in total. The van der Waals surface area contributed by atoms with Crippen molar-refractivity contribution >= 4 is 12.0 Å². The molecule has 0 aromatic heterocycles. The smallest absolute Gasteiger partial charge is 0.420 e. The molecule has 0 radical (unpaired) electrons. The molecule has 9 heteroatoms. The quantitative estimate of drug-likeness (QED) is 0.649. The summed E-state index contributed by atoms with van der Waals surface area (Å²) < 4.78 is 75.2. The minimum absolute atomic E-state index is 0.0685. The third kappa shape index (κ3) is 3.65. The first-order chi connectivity index (χ1) is 8.93. The number of carboxylic acid groups (broad SMARTS) is 1. The van der Waals surface area contributed by atoms with E-state index in [9.17, 15) is 31.1 Å². The van der Waals surface area contributed by atoms with E-state index < -0.39 is 40.8 Å². The predicted molar refractivity (Wildman–Crippen MR) is 54.8 cm³/mol. The van der Waals surface area contributed by atoms with Gasteiger partial charge in [0.15, 0.2) is 0 Å². The first-order valence-corrected chi connectivity index (χ1v) is 4.85. The molecule has 0 atom stereocenters. The fourth-order valence-corrected chi connectivity index (χ4v) is 1.41. The average Bonchev–Trinajstić information content (AvgIpc) is 2.22. The molecule has 0 spiro atoms. The van der Waals surface area contributed by atoms with Crippen LogP contribution in [0.4, 0.5) is 26.3 Å². The van der Waals surface area contributed by atoms with Crippen LogP contribution in [0.25, 0.3) is 6.08 Å². The van der Waals surface area contributed by atoms with Gasteiger partial charge in [0, 0.05) is 6.08 Å². The summed E-state index contributed by atoms with van der Waals surface area (Å²) in [7, 11) is 0. The maximum absolute atomic E-state index is 12.6. The van der Waals surface area contributed by atoms with E-state index in [1.165, 1.54) is 0 Å². The molecule has 0 saturated heterocycles. The molecule has 0 saturated carbocycles. The molecule has 0 amide bonds. The summed E-state index contributed by atoms with van der Waals surface area (Å²) in [5.41, 5.74) is -4.34. The number of phenols is 1. The number of carboxylic acids is 1. The SMILES string of the molecule is O=C(O)/C=C/c1cc(C(F)(F)F)cc(O)c1C(F)(F)F. The zero-order valence-corrected chi connectivity index (χ0v) is 9.38. The number of rotatable bonds is 2. The lowest BCUT2D eigenvalue weighted by Crippen LogP contribution is -2.12. The Morgan fingerprint density at radius 1 is 1.05 bits per heavy atom. The van der Waals surface area contributed by atoms with E-state index in [1.54, 1.807) is 0 Å². The van der Waals surface area contributed by atoms with Crippen LogP contribution in [0.1, 0.15) is 16.7 Å². The van der Waals surface area contributed by atoms with Crippen LogP contribution in [0.2, 0.25) is 0 Å². The Morgan fingerprint density at radius 2 is 1.60 bits per heavy atom. The fraction of sp³-hybridized carbons (Fsp3) is 0.182. The number of halogens is 6. The van der Waals surface area contributed by atoms with Crippen molar-refractivity contribution in [2.45, 2.75) is 12.4 Å². The monoisotopic (exact) mass is 300 g/mol. The Bertz CT molecular complexity index is 557. The highest BCUT2D eigenvalue weighted by atomic mass is 19.4. The second-order valence-electron chi connectivity index (χ2n) is 3.63. The van der Waals surface area contributed by atoms with Crippen LogP contribution < -0.4 is 0 Å². The second kappa shape index (κ2) is 5.06. The summed E-state index contributed by atoms with van der Waals surface area (Å²) in [4.78, 5) is 10.2. The van der Waals surface area contributed by atoms with Gasteiger partial charge in [0.25, 0.3) is 0 Å². The number of aromatic hydroxyl groups is 1. The molecule has 0 heterocycles. The lowest BCUT2D eigenvalue weighted by Gasteiger charge is -2.15. The highest BCUT2D eigenvalue weighted by Crippen LogP contribution is 2.42. The molecule has 1 aromatic rings. The van der Waals surface area contributed by atoms with Crippen molar-refractivity contribution in [1.29, 1.82) is 0 Å². The lowest BCUT2D eigenvalue weighted by molar-refractivity contribution is -0.142. The Balaban J connectivity index is 3.57. The first kappa shape index (κ1) is 15.9. The maximum Gasteiger partial charge on any atom is 0.420 e. The molecule has 0 aliphatic heterocycles. The van der Waals surface area contributed by atoms with Crippen molar-refractivity contribution < 1.29 is 41.4 Å². The predicted octanol–water partition coefficient (Wildman–Crippen LogP) is 3.53. The van der Waals surface area contributed by atoms with E-state index >= 15 is 0 Å². The highest BCUT2D eigenvalue weighted by molar-refractivity contribution is 5.86. The summed E-state index contributed by atoms with van der Waals surface area (Å²) in [6.45, 7) is 0. The van der Waals surface area contributed by atoms with Gasteiger partial charge in [0.05, 0.1) is 5.56 Å². The number of carbonyl (C=O) groups is 1. The molecule has 20 heavy (non-hydrogen) atoms. The minimum Gasteiger partial charge on any atom is -0.507 e. The van der Waals surface area contributed by atoms with Crippen molar-refractivity contribution in [3.8, 4) is 5.75 Å². The van der Waals surface area contributed by atoms with Crippen LogP contribution >= 0.6 is 0 Å². The van der Waals surface area contributed by atoms with Crippen LogP contribution in [-0.2, 0) is 17.1 Å². The molecule has 0 aliphatic rings. The molecule has 0 fully saturated rings. The molecular formula is C11H6F6O3. The molecular weight excluding hydrogens is 294 g/mol. The van der Waals surface area contributed by atoms with Crippen LogP contribution in [0, 0.1) is 0 Å². The van der Waals surface area contributed by atoms with E-state index in [4.69, 9.17) is 10.2 Å². The van der Waals surface area contributed by atoms with Gasteiger partial charge in [-0.2, -0.15) is 26.3 Å². The Morgan fingerprint density at radius 3 is 2.00 bits per heavy atom. The van der Waals surface area contributed by atoms with Crippen LogP contribution in [0.5, 0.6) is 5.75 Å². The molecule has 110 valence electrons. The topological polar surface area (TPSA) is 57.5 Å². The van der Waals surface area contributed by atoms with Gasteiger partial charge >= 0.3 is 18.3 Å². The van der Waals surface area contributed by atoms with Gasteiger partial charge in [-0.3, -0.25) is 0 Å². The summed E-state index contributed by atoms with van der Waals surface area (Å²) >= 11 is 0. The number of hydrogen-bond donors (Lipinski definition) is 2. The summed E-state index contributed by atoms with van der Waals surface area (Å²) in [6.07, 6.45) is -9.54. The molecule has 0 bridgehead atoms. The van der Waals surface area contributed by atoms with Gasteiger partial charge in [-0.05, 0) is 23.8 Å². The zero-order valence-electron chi connectivity index (χ0n) is 9.38. The van der Waals surface area contributed by atoms with E-state index in [1.807, 2.05) is 0 Å². The number of aliphatic carboxylic acids is 1.